The summed E-state index contributed by atoms with van der Waals surface area (Å²) in [5, 5.41) is 0. The van der Waals surface area contributed by atoms with Crippen LogP contribution in [0.3, 0.4) is 0 Å². The minimum absolute atomic E-state index is 0.0951. The van der Waals surface area contributed by atoms with Crippen LogP contribution in [-0.2, 0) is 30.0 Å². The molecule has 0 saturated carbocycles. The number of alkyl halides is 3. The van der Waals surface area contributed by atoms with Crippen LogP contribution in [-0.4, -0.2) is 42.0 Å². The molecule has 0 aromatic heterocycles. The Hall–Kier alpha value is -3.14. The summed E-state index contributed by atoms with van der Waals surface area (Å²) in [6.07, 6.45) is -3.58. The Morgan fingerprint density at radius 3 is 2.14 bits per heavy atom. The Kier molecular flexibility index (Phi) is 8.45. The molecular weight excluding hydrogens is 477 g/mol. The van der Waals surface area contributed by atoms with E-state index >= 15 is 0 Å². The Balaban J connectivity index is 2.61. The van der Waals surface area contributed by atoms with E-state index in [4.69, 9.17) is 15.2 Å². The van der Waals surface area contributed by atoms with Crippen LogP contribution in [0.4, 0.5) is 13.2 Å². The van der Waals surface area contributed by atoms with Crippen LogP contribution in [0.25, 0.3) is 0 Å². The van der Waals surface area contributed by atoms with Crippen molar-refractivity contribution in [3.8, 4) is 0 Å². The lowest BCUT2D eigenvalue weighted by molar-refractivity contribution is -0.160. The fourth-order valence-corrected chi connectivity index (χ4v) is 4.18. The second-order valence-electron chi connectivity index (χ2n) is 10.0. The second-order valence-corrected chi connectivity index (χ2v) is 10.0. The summed E-state index contributed by atoms with van der Waals surface area (Å²) < 4.78 is 51.6. The van der Waals surface area contributed by atoms with E-state index < -0.39 is 46.5 Å². The summed E-state index contributed by atoms with van der Waals surface area (Å²) in [5.41, 5.74) is 2.95. The fourth-order valence-electron chi connectivity index (χ4n) is 4.18. The number of amides is 1. The molecule has 1 aliphatic heterocycles. The van der Waals surface area contributed by atoms with Crippen molar-refractivity contribution < 1.29 is 37.0 Å². The Morgan fingerprint density at radius 2 is 1.64 bits per heavy atom. The van der Waals surface area contributed by atoms with Crippen LogP contribution in [0.15, 0.2) is 47.3 Å². The monoisotopic (exact) mass is 510 g/mol. The van der Waals surface area contributed by atoms with E-state index in [9.17, 15) is 27.6 Å². The van der Waals surface area contributed by atoms with Gasteiger partial charge in [-0.05, 0) is 53.2 Å². The van der Waals surface area contributed by atoms with Crippen molar-refractivity contribution in [1.29, 1.82) is 0 Å². The number of nitrogens with two attached hydrogens (primary N) is 1. The van der Waals surface area contributed by atoms with E-state index in [1.54, 1.807) is 27.7 Å². The number of benzene rings is 1. The fraction of sp³-hybridized carbons (Fsp3) is 0.500. The first-order valence-corrected chi connectivity index (χ1v) is 11.4. The maximum atomic E-state index is 13.8. The Morgan fingerprint density at radius 1 is 1.06 bits per heavy atom. The molecule has 0 aliphatic carbocycles. The molecule has 1 aromatic rings. The van der Waals surface area contributed by atoms with Crippen LogP contribution in [0.5, 0.6) is 0 Å². The van der Waals surface area contributed by atoms with E-state index in [1.165, 1.54) is 43.0 Å². The molecule has 1 heterocycles. The van der Waals surface area contributed by atoms with Crippen molar-refractivity contribution >= 4 is 17.8 Å². The molecule has 10 heteroatoms. The van der Waals surface area contributed by atoms with Gasteiger partial charge in [-0.25, -0.2) is 4.79 Å². The van der Waals surface area contributed by atoms with E-state index in [0.29, 0.717) is 0 Å². The zero-order valence-electron chi connectivity index (χ0n) is 21.6. The molecule has 36 heavy (non-hydrogen) atoms. The number of halogens is 3. The van der Waals surface area contributed by atoms with Gasteiger partial charge in [0.05, 0.1) is 30.1 Å². The summed E-state index contributed by atoms with van der Waals surface area (Å²) in [6, 6.07) is 4.94. The number of nitrogens with zero attached hydrogens (tertiary/aromatic N) is 1. The number of esters is 2. The van der Waals surface area contributed by atoms with Crippen LogP contribution >= 0.6 is 0 Å². The van der Waals surface area contributed by atoms with E-state index in [-0.39, 0.29) is 35.5 Å². The standard InChI is InChI=1S/C26H33F3N2O5/c1-15-12-18(17-10-8-9-11-19(17)26(27,28)29)21(22(33)35-7)16(2)31(15)23(34)25(6,14-30)13-20(32)36-24(3,4)5/h8-12,18H,13-14,30H2,1-7H3. The largest absolute Gasteiger partial charge is 0.466 e. The molecule has 2 rings (SSSR count). The van der Waals surface area contributed by atoms with E-state index in [0.717, 1.165) is 13.2 Å². The molecule has 7 nitrogen and oxygen atoms in total. The van der Waals surface area contributed by atoms with Gasteiger partial charge in [0.1, 0.15) is 5.60 Å². The minimum atomic E-state index is -4.66. The van der Waals surface area contributed by atoms with E-state index in [2.05, 4.69) is 0 Å². The molecule has 1 amide bonds. The average molecular weight is 511 g/mol. The number of hydrogen-bond acceptors (Lipinski definition) is 6. The van der Waals surface area contributed by atoms with Gasteiger partial charge >= 0.3 is 18.1 Å². The number of ether oxygens (including phenoxy) is 2. The first-order valence-electron chi connectivity index (χ1n) is 11.4. The lowest BCUT2D eigenvalue weighted by Gasteiger charge is -2.39. The molecule has 0 saturated heterocycles. The first kappa shape index (κ1) is 29.1. The van der Waals surface area contributed by atoms with Gasteiger partial charge in [0, 0.05) is 23.9 Å². The third-order valence-corrected chi connectivity index (χ3v) is 5.93. The number of carbonyl (C=O) groups is 3. The molecule has 2 unspecified atom stereocenters. The minimum Gasteiger partial charge on any atom is -0.466 e. The summed E-state index contributed by atoms with van der Waals surface area (Å²) in [4.78, 5) is 40.3. The molecule has 1 aromatic carbocycles. The first-order chi connectivity index (χ1) is 16.5. The molecule has 0 spiro atoms. The van der Waals surface area contributed by atoms with Crippen LogP contribution in [0, 0.1) is 5.41 Å². The Labute approximate surface area is 209 Å². The maximum absolute atomic E-state index is 13.8. The predicted octanol–water partition coefficient (Wildman–Crippen LogP) is 4.68. The van der Waals surface area contributed by atoms with Crippen molar-refractivity contribution in [1.82, 2.24) is 4.90 Å². The number of allylic oxidation sites excluding steroid dienone is 3. The van der Waals surface area contributed by atoms with Gasteiger partial charge in [-0.2, -0.15) is 13.2 Å². The number of methoxy groups -OCH3 is 1. The highest BCUT2D eigenvalue weighted by atomic mass is 19.4. The SMILES string of the molecule is COC(=O)C1=C(C)N(C(=O)C(C)(CN)CC(=O)OC(C)(C)C)C(C)=CC1c1ccccc1C(F)(F)F. The maximum Gasteiger partial charge on any atom is 0.416 e. The molecule has 0 fully saturated rings. The zero-order chi connectivity index (χ0) is 27.6. The quantitative estimate of drug-likeness (QED) is 0.558. The summed E-state index contributed by atoms with van der Waals surface area (Å²) in [5.74, 6) is -3.22. The van der Waals surface area contributed by atoms with Crippen LogP contribution < -0.4 is 5.73 Å². The highest BCUT2D eigenvalue weighted by molar-refractivity contribution is 5.96. The van der Waals surface area contributed by atoms with Crippen molar-refractivity contribution in [2.45, 2.75) is 65.7 Å². The van der Waals surface area contributed by atoms with Gasteiger partial charge in [0.25, 0.3) is 0 Å². The van der Waals surface area contributed by atoms with Crippen molar-refractivity contribution in [3.05, 3.63) is 58.4 Å². The van der Waals surface area contributed by atoms with Crippen LogP contribution in [0.2, 0.25) is 0 Å². The number of carbonyl (C=O) groups excluding carboxylic acids is 3. The molecule has 0 bridgehead atoms. The third kappa shape index (κ3) is 6.16. The van der Waals surface area contributed by atoms with Gasteiger partial charge in [-0.3, -0.25) is 14.5 Å². The molecule has 2 atom stereocenters. The summed E-state index contributed by atoms with van der Waals surface area (Å²) in [6.45, 7) is 9.37. The molecule has 1 aliphatic rings. The third-order valence-electron chi connectivity index (χ3n) is 5.93. The van der Waals surface area contributed by atoms with Crippen LogP contribution in [0.1, 0.15) is 65.0 Å². The van der Waals surface area contributed by atoms with Crippen molar-refractivity contribution in [3.63, 3.8) is 0 Å². The molecular formula is C26H33F3N2O5. The van der Waals surface area contributed by atoms with Crippen molar-refractivity contribution in [2.75, 3.05) is 13.7 Å². The van der Waals surface area contributed by atoms with Gasteiger partial charge < -0.3 is 15.2 Å². The summed E-state index contributed by atoms with van der Waals surface area (Å²) >= 11 is 0. The second kappa shape index (κ2) is 10.5. The van der Waals surface area contributed by atoms with Gasteiger partial charge in [0.2, 0.25) is 5.91 Å². The Bertz CT molecular complexity index is 1100. The number of rotatable bonds is 6. The predicted molar refractivity (Wildman–Crippen MR) is 127 cm³/mol. The number of hydrogen-bond donors (Lipinski definition) is 1. The average Bonchev–Trinajstić information content (AvgIpc) is 2.76. The molecule has 0 radical (unpaired) electrons. The van der Waals surface area contributed by atoms with Gasteiger partial charge in [0.15, 0.2) is 0 Å². The highest BCUT2D eigenvalue weighted by Crippen LogP contribution is 2.43. The summed E-state index contributed by atoms with van der Waals surface area (Å²) in [7, 11) is 1.11. The van der Waals surface area contributed by atoms with Gasteiger partial charge in [-0.15, -0.1) is 0 Å². The normalized spacial score (nSPS) is 18.4. The lowest BCUT2D eigenvalue weighted by atomic mass is 9.81. The molecule has 2 N–H and O–H groups in total. The smallest absolute Gasteiger partial charge is 0.416 e. The van der Waals surface area contributed by atoms with Gasteiger partial charge in [-0.1, -0.05) is 24.3 Å². The van der Waals surface area contributed by atoms with Crippen molar-refractivity contribution in [2.24, 2.45) is 11.1 Å². The lowest BCUT2D eigenvalue weighted by Crippen LogP contribution is -2.48. The molecule has 198 valence electrons. The highest BCUT2D eigenvalue weighted by Gasteiger charge is 2.44. The van der Waals surface area contributed by atoms with E-state index in [1.807, 2.05) is 0 Å². The topological polar surface area (TPSA) is 98.9 Å². The zero-order valence-corrected chi connectivity index (χ0v) is 21.6.